The summed E-state index contributed by atoms with van der Waals surface area (Å²) in [6, 6.07) is 10.2. The minimum absolute atomic E-state index is 0.627. The minimum Gasteiger partial charge on any atom is -0.361 e. The molecule has 1 aliphatic heterocycles. The van der Waals surface area contributed by atoms with Crippen LogP contribution in [0.15, 0.2) is 43.0 Å². The Morgan fingerprint density at radius 3 is 2.58 bits per heavy atom. The molecule has 1 aromatic carbocycles. The molecular weight excluding hydrogens is 330 g/mol. The molecule has 0 aliphatic carbocycles. The van der Waals surface area contributed by atoms with E-state index in [1.807, 2.05) is 43.5 Å². The van der Waals surface area contributed by atoms with Gasteiger partial charge in [-0.2, -0.15) is 0 Å². The first-order chi connectivity index (χ1) is 12.7. The van der Waals surface area contributed by atoms with Crippen LogP contribution >= 0.6 is 0 Å². The third kappa shape index (κ3) is 3.04. The van der Waals surface area contributed by atoms with Crippen molar-refractivity contribution in [1.29, 1.82) is 0 Å². The lowest BCUT2D eigenvalue weighted by molar-refractivity contribution is -0.172. The monoisotopic (exact) mass is 353 g/mol. The van der Waals surface area contributed by atoms with Crippen LogP contribution in [-0.4, -0.2) is 46.8 Å². The first-order valence-electron chi connectivity index (χ1n) is 8.86. The number of ether oxygens (including phenoxy) is 2. The Hall–Kier alpha value is -2.51. The molecule has 26 heavy (non-hydrogen) atoms. The predicted octanol–water partition coefficient (Wildman–Crippen LogP) is 2.57. The molecule has 1 fully saturated rings. The van der Waals surface area contributed by atoms with Crippen molar-refractivity contribution in [2.45, 2.75) is 25.2 Å². The van der Waals surface area contributed by atoms with Gasteiger partial charge in [0.15, 0.2) is 22.8 Å². The van der Waals surface area contributed by atoms with Crippen molar-refractivity contribution in [2.24, 2.45) is 0 Å². The molecule has 0 bridgehead atoms. The van der Waals surface area contributed by atoms with E-state index in [1.54, 1.807) is 6.33 Å². The van der Waals surface area contributed by atoms with E-state index in [4.69, 9.17) is 9.47 Å². The van der Waals surface area contributed by atoms with Crippen molar-refractivity contribution in [3.63, 3.8) is 0 Å². The summed E-state index contributed by atoms with van der Waals surface area (Å²) in [6.45, 7) is 2.05. The van der Waals surface area contributed by atoms with Crippen LogP contribution in [0.1, 0.15) is 18.4 Å². The molecule has 0 amide bonds. The zero-order chi connectivity index (χ0) is 18.0. The number of aryl methyl sites for hydroxylation is 1. The Morgan fingerprint density at radius 2 is 1.85 bits per heavy atom. The Morgan fingerprint density at radius 1 is 1.08 bits per heavy atom. The largest absolute Gasteiger partial charge is 0.361 e. The highest BCUT2D eigenvalue weighted by atomic mass is 16.7. The van der Waals surface area contributed by atoms with Gasteiger partial charge in [0, 0.05) is 32.6 Å². The molecule has 1 saturated heterocycles. The smallest absolute Gasteiger partial charge is 0.195 e. The Kier molecular flexibility index (Phi) is 4.57. The van der Waals surface area contributed by atoms with Crippen molar-refractivity contribution >= 4 is 17.0 Å². The fraction of sp³-hybridized carbons (Fsp3) is 0.421. The summed E-state index contributed by atoms with van der Waals surface area (Å²) in [4.78, 5) is 15.2. The first-order valence-corrected chi connectivity index (χ1v) is 8.86. The van der Waals surface area contributed by atoms with Crippen LogP contribution in [-0.2, 0) is 21.8 Å². The van der Waals surface area contributed by atoms with Gasteiger partial charge in [-0.1, -0.05) is 30.3 Å². The number of benzene rings is 1. The van der Waals surface area contributed by atoms with Crippen molar-refractivity contribution in [2.75, 3.05) is 32.2 Å². The second-order valence-corrected chi connectivity index (χ2v) is 6.62. The molecule has 3 heterocycles. The lowest BCUT2D eigenvalue weighted by atomic mass is 10.0. The molecule has 0 saturated carbocycles. The standard InChI is InChI=1S/C19H23N5O2/c1-23(2)17-16-18(21-13-20-17)24(14-22-16)10-6-9-19(25-11-12-26-19)15-7-4-3-5-8-15/h3-5,7-8,13-14H,6,9-12H2,1-2H3. The number of rotatable bonds is 6. The fourth-order valence-electron chi connectivity index (χ4n) is 3.44. The van der Waals surface area contributed by atoms with Gasteiger partial charge in [0.1, 0.15) is 6.33 Å². The van der Waals surface area contributed by atoms with Gasteiger partial charge in [-0.3, -0.25) is 0 Å². The van der Waals surface area contributed by atoms with E-state index in [0.29, 0.717) is 13.2 Å². The highest BCUT2D eigenvalue weighted by molar-refractivity contribution is 5.82. The molecule has 3 aromatic rings. The summed E-state index contributed by atoms with van der Waals surface area (Å²) in [6.07, 6.45) is 5.09. The van der Waals surface area contributed by atoms with Gasteiger partial charge in [-0.25, -0.2) is 15.0 Å². The zero-order valence-electron chi connectivity index (χ0n) is 15.1. The van der Waals surface area contributed by atoms with Crippen molar-refractivity contribution in [1.82, 2.24) is 19.5 Å². The van der Waals surface area contributed by atoms with Crippen molar-refractivity contribution < 1.29 is 9.47 Å². The molecule has 0 unspecified atom stereocenters. The zero-order valence-corrected chi connectivity index (χ0v) is 15.1. The SMILES string of the molecule is CN(C)c1ncnc2c1ncn2CCCC1(c2ccccc2)OCCO1. The maximum absolute atomic E-state index is 6.00. The average molecular weight is 353 g/mol. The molecule has 0 radical (unpaired) electrons. The summed E-state index contributed by atoms with van der Waals surface area (Å²) >= 11 is 0. The van der Waals surface area contributed by atoms with Crippen molar-refractivity contribution in [3.8, 4) is 0 Å². The number of aromatic nitrogens is 4. The summed E-state index contributed by atoms with van der Waals surface area (Å²) in [5, 5.41) is 0. The van der Waals surface area contributed by atoms with E-state index in [1.165, 1.54) is 0 Å². The van der Waals surface area contributed by atoms with E-state index >= 15 is 0 Å². The molecule has 0 N–H and O–H groups in total. The minimum atomic E-state index is -0.637. The highest BCUT2D eigenvalue weighted by Gasteiger charge is 2.37. The molecule has 7 nitrogen and oxygen atoms in total. The molecule has 1 aliphatic rings. The number of nitrogens with zero attached hydrogens (tertiary/aromatic N) is 5. The highest BCUT2D eigenvalue weighted by Crippen LogP contribution is 2.36. The lowest BCUT2D eigenvalue weighted by Gasteiger charge is -2.28. The van der Waals surface area contributed by atoms with Crippen LogP contribution in [0.25, 0.3) is 11.2 Å². The van der Waals surface area contributed by atoms with Crippen LogP contribution in [0.2, 0.25) is 0 Å². The number of hydrogen-bond acceptors (Lipinski definition) is 6. The molecular formula is C19H23N5O2. The van der Waals surface area contributed by atoms with Gasteiger partial charge in [0.2, 0.25) is 0 Å². The molecule has 0 atom stereocenters. The first kappa shape index (κ1) is 16.9. The number of anilines is 1. The van der Waals surface area contributed by atoms with Gasteiger partial charge >= 0.3 is 0 Å². The number of imidazole rings is 1. The van der Waals surface area contributed by atoms with Crippen LogP contribution in [0.3, 0.4) is 0 Å². The van der Waals surface area contributed by atoms with E-state index < -0.39 is 5.79 Å². The van der Waals surface area contributed by atoms with Gasteiger partial charge < -0.3 is 18.9 Å². The van der Waals surface area contributed by atoms with Gasteiger partial charge in [0.05, 0.1) is 19.5 Å². The van der Waals surface area contributed by atoms with Gasteiger partial charge in [-0.05, 0) is 6.42 Å². The topological polar surface area (TPSA) is 65.3 Å². The van der Waals surface area contributed by atoms with Crippen LogP contribution in [0.4, 0.5) is 5.82 Å². The summed E-state index contributed by atoms with van der Waals surface area (Å²) in [7, 11) is 3.92. The Labute approximate surface area is 152 Å². The summed E-state index contributed by atoms with van der Waals surface area (Å²) < 4.78 is 14.1. The van der Waals surface area contributed by atoms with Crippen LogP contribution in [0, 0.1) is 0 Å². The van der Waals surface area contributed by atoms with E-state index in [0.717, 1.165) is 41.9 Å². The fourth-order valence-corrected chi connectivity index (χ4v) is 3.44. The third-order valence-corrected chi connectivity index (χ3v) is 4.68. The Bertz CT molecular complexity index is 872. The molecule has 7 heteroatoms. The third-order valence-electron chi connectivity index (χ3n) is 4.68. The summed E-state index contributed by atoms with van der Waals surface area (Å²) in [5.41, 5.74) is 2.75. The van der Waals surface area contributed by atoms with E-state index in [9.17, 15) is 0 Å². The van der Waals surface area contributed by atoms with Gasteiger partial charge in [-0.15, -0.1) is 0 Å². The molecule has 0 spiro atoms. The lowest BCUT2D eigenvalue weighted by Crippen LogP contribution is -2.27. The maximum Gasteiger partial charge on any atom is 0.195 e. The van der Waals surface area contributed by atoms with Crippen molar-refractivity contribution in [3.05, 3.63) is 48.5 Å². The summed E-state index contributed by atoms with van der Waals surface area (Å²) in [5.74, 6) is 0.193. The average Bonchev–Trinajstić information content (AvgIpc) is 3.30. The number of fused-ring (bicyclic) bond motifs is 1. The molecule has 136 valence electrons. The predicted molar refractivity (Wildman–Crippen MR) is 98.9 cm³/mol. The van der Waals surface area contributed by atoms with E-state index in [2.05, 4.69) is 31.7 Å². The van der Waals surface area contributed by atoms with Crippen LogP contribution < -0.4 is 4.90 Å². The second kappa shape index (κ2) is 7.01. The number of hydrogen-bond donors (Lipinski definition) is 0. The van der Waals surface area contributed by atoms with Gasteiger partial charge in [0.25, 0.3) is 0 Å². The Balaban J connectivity index is 1.51. The molecule has 2 aromatic heterocycles. The van der Waals surface area contributed by atoms with E-state index in [-0.39, 0.29) is 0 Å². The maximum atomic E-state index is 6.00. The second-order valence-electron chi connectivity index (χ2n) is 6.62. The quantitative estimate of drug-likeness (QED) is 0.679. The molecule has 4 rings (SSSR count). The van der Waals surface area contributed by atoms with Crippen LogP contribution in [0.5, 0.6) is 0 Å². The normalized spacial score (nSPS) is 16.2.